The molecule has 0 fully saturated rings. The average molecular weight is 796 g/mol. The molecule has 0 bridgehead atoms. The molecule has 0 aliphatic carbocycles. The molecule has 0 atom stereocenters. The van der Waals surface area contributed by atoms with Crippen molar-refractivity contribution in [2.45, 2.75) is 0 Å². The van der Waals surface area contributed by atoms with Gasteiger partial charge in [-0.1, -0.05) is 36.6 Å². The molecule has 57 heavy (non-hydrogen) atoms. The monoisotopic (exact) mass is 795 g/mol. The highest BCUT2D eigenvalue weighted by atomic mass is 32.1. The first-order valence-corrected chi connectivity index (χ1v) is 17.0. The summed E-state index contributed by atoms with van der Waals surface area (Å²) in [6, 6.07) is 22.4. The third kappa shape index (κ3) is 11.8. The summed E-state index contributed by atoms with van der Waals surface area (Å²) in [6.45, 7) is 5.07. The van der Waals surface area contributed by atoms with Crippen LogP contribution in [0.5, 0.6) is 23.0 Å². The molecule has 5 rings (SSSR count). The number of anilines is 1. The molecular weight excluding hydrogens is 767 g/mol. The number of ether oxygens (including phenoxy) is 8. The van der Waals surface area contributed by atoms with Gasteiger partial charge in [0, 0.05) is 24.8 Å². The molecule has 0 aliphatic rings. The Balaban J connectivity index is 1.28. The highest BCUT2D eigenvalue weighted by Gasteiger charge is 2.17. The summed E-state index contributed by atoms with van der Waals surface area (Å²) in [5, 5.41) is 6.57. The molecule has 4 aromatic carbocycles. The Kier molecular flexibility index (Phi) is 13.8. The number of benzene rings is 4. The van der Waals surface area contributed by atoms with Gasteiger partial charge in [-0.05, 0) is 78.9 Å². The van der Waals surface area contributed by atoms with Crippen molar-refractivity contribution in [2.75, 3.05) is 25.6 Å². The van der Waals surface area contributed by atoms with Crippen LogP contribution in [-0.4, -0.2) is 68.0 Å². The van der Waals surface area contributed by atoms with Crippen molar-refractivity contribution in [1.82, 2.24) is 4.98 Å². The van der Waals surface area contributed by atoms with Gasteiger partial charge in [-0.25, -0.2) is 38.8 Å². The van der Waals surface area contributed by atoms with Crippen LogP contribution in [0.2, 0.25) is 0 Å². The molecule has 0 saturated heterocycles. The zero-order valence-electron chi connectivity index (χ0n) is 29.7. The Hall–Kier alpha value is -7.86. The van der Waals surface area contributed by atoms with E-state index in [2.05, 4.69) is 42.2 Å². The summed E-state index contributed by atoms with van der Waals surface area (Å²) in [6.07, 6.45) is 0.883. The van der Waals surface area contributed by atoms with E-state index in [1.807, 2.05) is 24.3 Å². The second-order valence-electron chi connectivity index (χ2n) is 10.8. The number of para-hydroxylation sites is 1. The van der Waals surface area contributed by atoms with Crippen molar-refractivity contribution in [3.63, 3.8) is 0 Å². The predicted molar refractivity (Wildman–Crippen MR) is 201 cm³/mol. The normalized spacial score (nSPS) is 10.5. The minimum atomic E-state index is -1.15. The molecule has 0 saturated carbocycles. The number of rotatable bonds is 15. The number of aromatic nitrogens is 1. The van der Waals surface area contributed by atoms with E-state index in [9.17, 15) is 28.8 Å². The molecule has 17 nitrogen and oxygen atoms in total. The van der Waals surface area contributed by atoms with Crippen LogP contribution >= 0.6 is 11.3 Å². The van der Waals surface area contributed by atoms with Crippen molar-refractivity contribution >= 4 is 69.1 Å². The van der Waals surface area contributed by atoms with Gasteiger partial charge in [-0.2, -0.15) is 5.10 Å². The summed E-state index contributed by atoms with van der Waals surface area (Å²) < 4.78 is 40.5. The highest BCUT2D eigenvalue weighted by molar-refractivity contribution is 7.22. The second-order valence-corrected chi connectivity index (χ2v) is 11.8. The lowest BCUT2D eigenvalue weighted by molar-refractivity contribution is -0.147. The molecule has 1 heterocycles. The fourth-order valence-corrected chi connectivity index (χ4v) is 5.15. The highest BCUT2D eigenvalue weighted by Crippen LogP contribution is 2.29. The molecule has 0 aliphatic heterocycles. The summed E-state index contributed by atoms with van der Waals surface area (Å²) in [5.41, 5.74) is 1.20. The smallest absolute Gasteiger partial charge is 0.425 e. The molecule has 0 N–H and O–H groups in total. The molecule has 0 amide bonds. The minimum absolute atomic E-state index is 0.0249. The maximum Gasteiger partial charge on any atom is 0.516 e. The van der Waals surface area contributed by atoms with Gasteiger partial charge in [0.25, 0.3) is 0 Å². The van der Waals surface area contributed by atoms with E-state index >= 15 is 0 Å². The molecular formula is C39H29N3O14S. The zero-order chi connectivity index (χ0) is 40.7. The Labute approximate surface area is 326 Å². The number of hydrogen-bond donors (Lipinski definition) is 0. The maximum absolute atomic E-state index is 13.2. The van der Waals surface area contributed by atoms with Crippen LogP contribution in [0.25, 0.3) is 10.2 Å². The van der Waals surface area contributed by atoms with Crippen LogP contribution in [0.4, 0.5) is 14.7 Å². The minimum Gasteiger partial charge on any atom is -0.425 e. The predicted octanol–water partition coefficient (Wildman–Crippen LogP) is 6.61. The molecule has 0 spiro atoms. The van der Waals surface area contributed by atoms with Crippen LogP contribution < -0.4 is 24.0 Å². The van der Waals surface area contributed by atoms with E-state index in [-0.39, 0.29) is 39.7 Å². The van der Waals surface area contributed by atoms with Crippen LogP contribution in [-0.2, 0) is 28.5 Å². The Morgan fingerprint density at radius 2 is 1.19 bits per heavy atom. The number of nitrogens with zero attached hydrogens (tertiary/aromatic N) is 3. The first-order chi connectivity index (χ1) is 27.5. The van der Waals surface area contributed by atoms with E-state index in [0.29, 0.717) is 5.13 Å². The quantitative estimate of drug-likeness (QED) is 0.0208. The summed E-state index contributed by atoms with van der Waals surface area (Å²) >= 11 is 1.41. The van der Waals surface area contributed by atoms with Crippen LogP contribution in [0.3, 0.4) is 0 Å². The first kappa shape index (κ1) is 40.3. The lowest BCUT2D eigenvalue weighted by Gasteiger charge is -2.12. The number of carbonyl (C=O) groups excluding carboxylic acids is 6. The number of hydrogen-bond acceptors (Lipinski definition) is 18. The third-order valence-electron chi connectivity index (χ3n) is 7.00. The summed E-state index contributed by atoms with van der Waals surface area (Å²) in [4.78, 5) is 76.7. The van der Waals surface area contributed by atoms with Crippen molar-refractivity contribution in [3.8, 4) is 23.0 Å². The van der Waals surface area contributed by atoms with E-state index in [1.54, 1.807) is 7.05 Å². The van der Waals surface area contributed by atoms with Gasteiger partial charge < -0.3 is 37.9 Å². The number of hydrazone groups is 1. The number of carbonyl (C=O) groups is 6. The van der Waals surface area contributed by atoms with Gasteiger partial charge in [-0.15, -0.1) is 0 Å². The molecule has 18 heteroatoms. The van der Waals surface area contributed by atoms with E-state index < -0.39 is 49.8 Å². The van der Waals surface area contributed by atoms with Crippen molar-refractivity contribution < 1.29 is 66.7 Å². The lowest BCUT2D eigenvalue weighted by Crippen LogP contribution is -2.15. The third-order valence-corrected chi connectivity index (χ3v) is 8.10. The lowest BCUT2D eigenvalue weighted by atomic mass is 10.2. The molecule has 290 valence electrons. The fraction of sp³-hybridized carbons (Fsp3) is 0.0769. The van der Waals surface area contributed by atoms with Gasteiger partial charge in [0.05, 0.1) is 27.6 Å². The van der Waals surface area contributed by atoms with Gasteiger partial charge in [0.1, 0.15) is 23.0 Å². The van der Waals surface area contributed by atoms with Gasteiger partial charge in [-0.3, -0.25) is 0 Å². The Morgan fingerprint density at radius 3 is 1.74 bits per heavy atom. The Bertz CT molecular complexity index is 2310. The maximum atomic E-state index is 13.2. The Morgan fingerprint density at radius 1 is 0.667 bits per heavy atom. The van der Waals surface area contributed by atoms with Crippen molar-refractivity contribution in [2.24, 2.45) is 5.10 Å². The number of esters is 4. The average Bonchev–Trinajstić information content (AvgIpc) is 3.66. The summed E-state index contributed by atoms with van der Waals surface area (Å²) in [5.74, 6) is -2.98. The standard InChI is InChI=1S/C39H29N3O14S/c1-4-33(43)49-22-51-38(47)54-27-14-10-24(11-15-27)35(45)53-29-18-19-31(26(20-29)21-40-42(3)37-41-30-8-6-7-9-32(30)57-37)56-36(46)25-12-16-28(17-13-25)55-39(48)52-23-50-34(44)5-2/h4-21H,1-2,22-23H2,3H3/b40-21+. The largest absolute Gasteiger partial charge is 0.516 e. The van der Waals surface area contributed by atoms with Crippen molar-refractivity contribution in [3.05, 3.63) is 133 Å². The number of thiazole rings is 1. The zero-order valence-corrected chi connectivity index (χ0v) is 30.5. The van der Waals surface area contributed by atoms with Crippen LogP contribution in [0.15, 0.2) is 121 Å². The van der Waals surface area contributed by atoms with Gasteiger partial charge >= 0.3 is 36.2 Å². The van der Waals surface area contributed by atoms with Gasteiger partial charge in [0.15, 0.2) is 0 Å². The molecule has 0 radical (unpaired) electrons. The summed E-state index contributed by atoms with van der Waals surface area (Å²) in [7, 11) is 1.68. The molecule has 5 aromatic rings. The van der Waals surface area contributed by atoms with E-state index in [0.717, 1.165) is 22.4 Å². The van der Waals surface area contributed by atoms with Crippen LogP contribution in [0.1, 0.15) is 26.3 Å². The molecule has 0 unspecified atom stereocenters. The first-order valence-electron chi connectivity index (χ1n) is 16.2. The topological polar surface area (TPSA) is 205 Å². The van der Waals surface area contributed by atoms with Crippen LogP contribution in [0, 0.1) is 0 Å². The second kappa shape index (κ2) is 19.5. The fourth-order valence-electron chi connectivity index (χ4n) is 4.26. The van der Waals surface area contributed by atoms with Crippen molar-refractivity contribution in [1.29, 1.82) is 0 Å². The van der Waals surface area contributed by atoms with Gasteiger partial charge in [0.2, 0.25) is 18.7 Å². The van der Waals surface area contributed by atoms with E-state index in [4.69, 9.17) is 18.9 Å². The van der Waals surface area contributed by atoms with E-state index in [1.165, 1.54) is 89.3 Å². The SMILES string of the molecule is C=CC(=O)OCOC(=O)Oc1ccc(C(=O)Oc2ccc(OC(=O)c3ccc(OC(=O)OCOC(=O)C=C)cc3)c(/C=N/N(C)c3nc4ccccc4s3)c2)cc1. The number of fused-ring (bicyclic) bond motifs is 1. The molecule has 1 aromatic heterocycles.